The smallest absolute Gasteiger partial charge is 0.258 e. The van der Waals surface area contributed by atoms with Crippen LogP contribution in [-0.2, 0) is 6.54 Å². The molecule has 0 saturated heterocycles. The van der Waals surface area contributed by atoms with Crippen LogP contribution < -0.4 is 4.57 Å². The second-order valence-electron chi connectivity index (χ2n) is 3.72. The monoisotopic (exact) mass is 217 g/mol. The number of pyridine rings is 1. The Labute approximate surface area is 93.3 Å². The first-order chi connectivity index (χ1) is 7.63. The van der Waals surface area contributed by atoms with Gasteiger partial charge in [-0.3, -0.25) is 10.1 Å². The van der Waals surface area contributed by atoms with Gasteiger partial charge in [-0.05, 0) is 13.0 Å². The lowest BCUT2D eigenvalue weighted by Gasteiger charge is -2.01. The molecule has 4 nitrogen and oxygen atoms in total. The number of hydrogen-bond donors (Lipinski definition) is 0. The second kappa shape index (κ2) is 3.89. The topological polar surface area (TPSA) is 47.0 Å². The second-order valence-corrected chi connectivity index (χ2v) is 3.72. The zero-order valence-corrected chi connectivity index (χ0v) is 9.30. The van der Waals surface area contributed by atoms with Crippen LogP contribution in [0.1, 0.15) is 12.6 Å². The van der Waals surface area contributed by atoms with E-state index in [0.717, 1.165) is 23.1 Å². The summed E-state index contributed by atoms with van der Waals surface area (Å²) in [5.41, 5.74) is 2.33. The van der Waals surface area contributed by atoms with Crippen molar-refractivity contribution in [3.8, 4) is 0 Å². The fraction of sp³-hybridized carbons (Fsp3) is 0.250. The predicted molar refractivity (Wildman–Crippen MR) is 61.2 cm³/mol. The van der Waals surface area contributed by atoms with Crippen molar-refractivity contribution in [1.82, 2.24) is 0 Å². The molecule has 0 saturated carbocycles. The van der Waals surface area contributed by atoms with Crippen LogP contribution in [0.3, 0.4) is 0 Å². The van der Waals surface area contributed by atoms with Gasteiger partial charge in [0.1, 0.15) is 6.54 Å². The molecule has 1 aromatic carbocycles. The number of aromatic nitrogens is 1. The van der Waals surface area contributed by atoms with Crippen LogP contribution in [0.2, 0.25) is 0 Å². The van der Waals surface area contributed by atoms with E-state index in [1.54, 1.807) is 12.1 Å². The maximum atomic E-state index is 10.7. The van der Waals surface area contributed by atoms with Gasteiger partial charge >= 0.3 is 0 Å². The number of non-ortho nitro benzene ring substituents is 1. The number of nitro groups is 1. The largest absolute Gasteiger partial charge is 0.270 e. The molecule has 1 aromatic heterocycles. The van der Waals surface area contributed by atoms with Crippen LogP contribution in [0.15, 0.2) is 30.3 Å². The van der Waals surface area contributed by atoms with Crippen molar-refractivity contribution in [1.29, 1.82) is 0 Å². The molecule has 0 atom stereocenters. The lowest BCUT2D eigenvalue weighted by Crippen LogP contribution is -2.36. The molecule has 1 heterocycles. The third-order valence-electron chi connectivity index (χ3n) is 2.76. The molecule has 0 bridgehead atoms. The summed E-state index contributed by atoms with van der Waals surface area (Å²) >= 11 is 0. The van der Waals surface area contributed by atoms with Crippen LogP contribution in [-0.4, -0.2) is 4.92 Å². The van der Waals surface area contributed by atoms with Gasteiger partial charge in [-0.2, -0.15) is 4.57 Å². The molecule has 0 N–H and O–H groups in total. The Morgan fingerprint density at radius 2 is 2.06 bits per heavy atom. The fourth-order valence-electron chi connectivity index (χ4n) is 1.94. The quantitative estimate of drug-likeness (QED) is 0.440. The summed E-state index contributed by atoms with van der Waals surface area (Å²) in [7, 11) is 0. The molecule has 0 fully saturated rings. The molecule has 0 amide bonds. The molecule has 0 aliphatic heterocycles. The average molecular weight is 217 g/mol. The molecule has 0 radical (unpaired) electrons. The lowest BCUT2D eigenvalue weighted by atomic mass is 10.1. The summed E-state index contributed by atoms with van der Waals surface area (Å²) in [5.74, 6) is 0. The van der Waals surface area contributed by atoms with E-state index >= 15 is 0 Å². The Hall–Kier alpha value is -1.97. The number of nitrogens with zero attached hydrogens (tertiary/aromatic N) is 2. The Morgan fingerprint density at radius 3 is 2.69 bits per heavy atom. The van der Waals surface area contributed by atoms with Crippen LogP contribution in [0.4, 0.5) is 5.69 Å². The number of hydrogen-bond acceptors (Lipinski definition) is 2. The molecule has 0 aliphatic carbocycles. The van der Waals surface area contributed by atoms with Gasteiger partial charge in [-0.15, -0.1) is 0 Å². The summed E-state index contributed by atoms with van der Waals surface area (Å²) < 4.78 is 2.14. The summed E-state index contributed by atoms with van der Waals surface area (Å²) in [4.78, 5) is 10.3. The van der Waals surface area contributed by atoms with E-state index in [1.807, 2.05) is 25.1 Å². The summed E-state index contributed by atoms with van der Waals surface area (Å²) in [6.45, 7) is 4.96. The fourth-order valence-corrected chi connectivity index (χ4v) is 1.94. The van der Waals surface area contributed by atoms with Crippen LogP contribution in [0.25, 0.3) is 10.9 Å². The molecule has 82 valence electrons. The Balaban J connectivity index is 2.73. The van der Waals surface area contributed by atoms with Crippen molar-refractivity contribution in [2.24, 2.45) is 0 Å². The number of nitro benzene ring substituents is 1. The minimum atomic E-state index is -0.365. The van der Waals surface area contributed by atoms with Crippen LogP contribution >= 0.6 is 0 Å². The van der Waals surface area contributed by atoms with Crippen molar-refractivity contribution in [2.75, 3.05) is 0 Å². The first-order valence-electron chi connectivity index (χ1n) is 5.21. The van der Waals surface area contributed by atoms with E-state index in [4.69, 9.17) is 0 Å². The highest BCUT2D eigenvalue weighted by atomic mass is 16.6. The minimum Gasteiger partial charge on any atom is -0.258 e. The van der Waals surface area contributed by atoms with Gasteiger partial charge in [0.15, 0.2) is 5.69 Å². The van der Waals surface area contributed by atoms with Gasteiger partial charge in [0, 0.05) is 31.2 Å². The molecular weight excluding hydrogens is 204 g/mol. The highest BCUT2D eigenvalue weighted by Crippen LogP contribution is 2.18. The molecule has 0 unspecified atom stereocenters. The highest BCUT2D eigenvalue weighted by molar-refractivity contribution is 5.78. The van der Waals surface area contributed by atoms with Gasteiger partial charge in [0.25, 0.3) is 5.69 Å². The minimum absolute atomic E-state index is 0.138. The molecule has 2 rings (SSSR count). The SMILES string of the molecule is CC[n+]1c(C)ccc2cc([N+](=O)[O-])ccc21. The number of fused-ring (bicyclic) bond motifs is 1. The van der Waals surface area contributed by atoms with Crippen molar-refractivity contribution in [3.63, 3.8) is 0 Å². The Kier molecular flexibility index (Phi) is 2.56. The molecule has 16 heavy (non-hydrogen) atoms. The van der Waals surface area contributed by atoms with Gasteiger partial charge in [0.05, 0.1) is 10.3 Å². The predicted octanol–water partition coefficient (Wildman–Crippen LogP) is 2.36. The van der Waals surface area contributed by atoms with E-state index < -0.39 is 0 Å². The van der Waals surface area contributed by atoms with E-state index in [1.165, 1.54) is 0 Å². The molecule has 4 heteroatoms. The highest BCUT2D eigenvalue weighted by Gasteiger charge is 2.14. The number of benzene rings is 1. The maximum absolute atomic E-state index is 10.7. The zero-order chi connectivity index (χ0) is 11.7. The Morgan fingerprint density at radius 1 is 1.31 bits per heavy atom. The molecule has 2 aromatic rings. The summed E-state index contributed by atoms with van der Waals surface area (Å²) in [5, 5.41) is 11.6. The normalized spacial score (nSPS) is 10.6. The summed E-state index contributed by atoms with van der Waals surface area (Å²) in [6.07, 6.45) is 0. The average Bonchev–Trinajstić information content (AvgIpc) is 2.28. The van der Waals surface area contributed by atoms with Gasteiger partial charge in [0.2, 0.25) is 5.52 Å². The zero-order valence-electron chi connectivity index (χ0n) is 9.30. The van der Waals surface area contributed by atoms with Crippen molar-refractivity contribution in [3.05, 3.63) is 46.1 Å². The van der Waals surface area contributed by atoms with E-state index in [-0.39, 0.29) is 10.6 Å². The van der Waals surface area contributed by atoms with E-state index in [2.05, 4.69) is 11.5 Å². The molecule has 0 spiro atoms. The Bertz CT molecular complexity index is 564. The first-order valence-corrected chi connectivity index (χ1v) is 5.21. The van der Waals surface area contributed by atoms with Crippen molar-refractivity contribution in [2.45, 2.75) is 20.4 Å². The third-order valence-corrected chi connectivity index (χ3v) is 2.76. The van der Waals surface area contributed by atoms with Crippen molar-refractivity contribution < 1.29 is 9.49 Å². The standard InChI is InChI=1S/C12H13N2O2/c1-3-13-9(2)4-5-10-8-11(14(15)16)6-7-12(10)13/h4-8H,3H2,1-2H3/q+1. The van der Waals surface area contributed by atoms with Crippen LogP contribution in [0, 0.1) is 17.0 Å². The van der Waals surface area contributed by atoms with E-state index in [9.17, 15) is 10.1 Å². The number of rotatable bonds is 2. The van der Waals surface area contributed by atoms with Gasteiger partial charge in [-0.25, -0.2) is 0 Å². The third kappa shape index (κ3) is 1.62. The molecule has 0 aliphatic rings. The van der Waals surface area contributed by atoms with Crippen molar-refractivity contribution >= 4 is 16.6 Å². The van der Waals surface area contributed by atoms with E-state index in [0.29, 0.717) is 0 Å². The maximum Gasteiger partial charge on any atom is 0.270 e. The lowest BCUT2D eigenvalue weighted by molar-refractivity contribution is -0.673. The first kappa shape index (κ1) is 10.5. The summed E-state index contributed by atoms with van der Waals surface area (Å²) in [6, 6.07) is 8.87. The molecular formula is C12H13N2O2+. The van der Waals surface area contributed by atoms with Gasteiger partial charge in [-0.1, -0.05) is 0 Å². The van der Waals surface area contributed by atoms with Gasteiger partial charge < -0.3 is 0 Å². The van der Waals surface area contributed by atoms with Crippen LogP contribution in [0.5, 0.6) is 0 Å². The number of aryl methyl sites for hydroxylation is 2.